The van der Waals surface area contributed by atoms with Crippen LogP contribution in [-0.4, -0.2) is 27.7 Å². The van der Waals surface area contributed by atoms with E-state index in [-0.39, 0.29) is 11.4 Å². The summed E-state index contributed by atoms with van der Waals surface area (Å²) in [6, 6.07) is 9.73. The van der Waals surface area contributed by atoms with Crippen molar-refractivity contribution in [3.05, 3.63) is 69.0 Å². The SMILES string of the molecule is COc1ccc(Oc2cc(NC(=O)c3nn(C)c(C(F)(F)F)c3Cl)cc([N+](=O)[O-])c2)cc1. The fourth-order valence-corrected chi connectivity index (χ4v) is 3.09. The summed E-state index contributed by atoms with van der Waals surface area (Å²) in [5.74, 6) is -0.194. The van der Waals surface area contributed by atoms with Gasteiger partial charge in [-0.2, -0.15) is 18.3 Å². The molecule has 1 heterocycles. The van der Waals surface area contributed by atoms with Crippen molar-refractivity contribution in [2.45, 2.75) is 6.18 Å². The third kappa shape index (κ3) is 4.91. The van der Waals surface area contributed by atoms with Crippen LogP contribution in [0.3, 0.4) is 0 Å². The number of alkyl halides is 3. The zero-order valence-corrected chi connectivity index (χ0v) is 17.2. The molecule has 0 aliphatic carbocycles. The van der Waals surface area contributed by atoms with E-state index in [1.54, 1.807) is 24.3 Å². The lowest BCUT2D eigenvalue weighted by molar-refractivity contribution is -0.384. The predicted molar refractivity (Wildman–Crippen MR) is 107 cm³/mol. The zero-order chi connectivity index (χ0) is 23.6. The van der Waals surface area contributed by atoms with Gasteiger partial charge in [0.1, 0.15) is 22.3 Å². The summed E-state index contributed by atoms with van der Waals surface area (Å²) >= 11 is 5.71. The highest BCUT2D eigenvalue weighted by molar-refractivity contribution is 6.34. The zero-order valence-electron chi connectivity index (χ0n) is 16.4. The summed E-state index contributed by atoms with van der Waals surface area (Å²) in [5, 5.41) is 16.1. The van der Waals surface area contributed by atoms with Gasteiger partial charge in [0.25, 0.3) is 11.6 Å². The molecule has 1 N–H and O–H groups in total. The number of non-ortho nitro benzene ring substituents is 1. The van der Waals surface area contributed by atoms with Gasteiger partial charge in [-0.25, -0.2) is 0 Å². The lowest BCUT2D eigenvalue weighted by atomic mass is 10.2. The van der Waals surface area contributed by atoms with Crippen LogP contribution in [0.1, 0.15) is 16.2 Å². The molecule has 0 fully saturated rings. The molecule has 0 aliphatic rings. The van der Waals surface area contributed by atoms with E-state index in [1.165, 1.54) is 13.2 Å². The molecule has 0 radical (unpaired) electrons. The minimum Gasteiger partial charge on any atom is -0.497 e. The quantitative estimate of drug-likeness (QED) is 0.399. The number of aromatic nitrogens is 2. The number of halogens is 4. The van der Waals surface area contributed by atoms with Crippen LogP contribution in [0, 0.1) is 10.1 Å². The van der Waals surface area contributed by atoms with Crippen LogP contribution in [0.5, 0.6) is 17.2 Å². The molecule has 0 bridgehead atoms. The second-order valence-electron chi connectivity index (χ2n) is 6.34. The number of carbonyl (C=O) groups excluding carboxylic acids is 1. The first-order valence-corrected chi connectivity index (χ1v) is 9.10. The molecule has 32 heavy (non-hydrogen) atoms. The summed E-state index contributed by atoms with van der Waals surface area (Å²) in [7, 11) is 2.47. The molecule has 3 rings (SSSR count). The smallest absolute Gasteiger partial charge is 0.434 e. The van der Waals surface area contributed by atoms with Gasteiger partial charge in [0.05, 0.1) is 23.8 Å². The first kappa shape index (κ1) is 22.9. The Hall–Kier alpha value is -3.80. The van der Waals surface area contributed by atoms with E-state index in [9.17, 15) is 28.1 Å². The number of carbonyl (C=O) groups is 1. The normalized spacial score (nSPS) is 11.2. The Morgan fingerprint density at radius 3 is 2.31 bits per heavy atom. The molecule has 0 saturated heterocycles. The van der Waals surface area contributed by atoms with Crippen molar-refractivity contribution in [1.82, 2.24) is 9.78 Å². The van der Waals surface area contributed by atoms with Crippen molar-refractivity contribution < 1.29 is 32.4 Å². The average molecular weight is 471 g/mol. The van der Waals surface area contributed by atoms with Crippen LogP contribution in [0.15, 0.2) is 42.5 Å². The molecule has 168 valence electrons. The Labute approximate surface area is 183 Å². The molecule has 0 saturated carbocycles. The van der Waals surface area contributed by atoms with E-state index < -0.39 is 39.1 Å². The predicted octanol–water partition coefficient (Wildman–Crippen LogP) is 5.05. The number of rotatable bonds is 6. The molecular weight excluding hydrogens is 457 g/mol. The highest BCUT2D eigenvalue weighted by Gasteiger charge is 2.40. The minimum absolute atomic E-state index is 0.00256. The number of amides is 1. The number of nitro groups is 1. The van der Waals surface area contributed by atoms with Crippen LogP contribution in [-0.2, 0) is 13.2 Å². The molecule has 0 unspecified atom stereocenters. The number of hydrogen-bond donors (Lipinski definition) is 1. The van der Waals surface area contributed by atoms with E-state index in [0.717, 1.165) is 19.2 Å². The van der Waals surface area contributed by atoms with E-state index >= 15 is 0 Å². The van der Waals surface area contributed by atoms with Gasteiger partial charge >= 0.3 is 6.18 Å². The third-order valence-electron chi connectivity index (χ3n) is 4.13. The molecular formula is C19H14ClF3N4O5. The first-order chi connectivity index (χ1) is 15.0. The molecule has 0 aliphatic heterocycles. The number of nitrogens with zero attached hydrogens (tertiary/aromatic N) is 3. The standard InChI is InChI=1S/C19H14ClF3N4O5/c1-26-17(19(21,22)23)15(20)16(25-26)18(28)24-10-7-11(27(29)30)9-14(8-10)32-13-5-3-12(31-2)4-6-13/h3-9H,1-2H3,(H,24,28). The Morgan fingerprint density at radius 1 is 1.16 bits per heavy atom. The summed E-state index contributed by atoms with van der Waals surface area (Å²) in [6.45, 7) is 0. The van der Waals surface area contributed by atoms with Crippen LogP contribution >= 0.6 is 11.6 Å². The third-order valence-corrected chi connectivity index (χ3v) is 4.49. The largest absolute Gasteiger partial charge is 0.497 e. The maximum Gasteiger partial charge on any atom is 0.434 e. The van der Waals surface area contributed by atoms with Crippen molar-refractivity contribution in [3.63, 3.8) is 0 Å². The van der Waals surface area contributed by atoms with Gasteiger partial charge in [-0.1, -0.05) is 11.6 Å². The second-order valence-corrected chi connectivity index (χ2v) is 6.71. The van der Waals surface area contributed by atoms with Crippen molar-refractivity contribution in [2.75, 3.05) is 12.4 Å². The molecule has 1 amide bonds. The maximum atomic E-state index is 13.1. The maximum absolute atomic E-state index is 13.1. The van der Waals surface area contributed by atoms with Gasteiger partial charge in [-0.05, 0) is 24.3 Å². The van der Waals surface area contributed by atoms with E-state index in [0.29, 0.717) is 16.2 Å². The van der Waals surface area contributed by atoms with Gasteiger partial charge in [0.15, 0.2) is 11.4 Å². The highest BCUT2D eigenvalue weighted by atomic mass is 35.5. The van der Waals surface area contributed by atoms with Crippen molar-refractivity contribution in [2.24, 2.45) is 7.05 Å². The van der Waals surface area contributed by atoms with Gasteiger partial charge in [0, 0.05) is 19.2 Å². The number of hydrogen-bond acceptors (Lipinski definition) is 6. The number of methoxy groups -OCH3 is 1. The Morgan fingerprint density at radius 2 is 1.78 bits per heavy atom. The summed E-state index contributed by atoms with van der Waals surface area (Å²) in [4.78, 5) is 23.0. The van der Waals surface area contributed by atoms with Crippen molar-refractivity contribution in [3.8, 4) is 17.2 Å². The van der Waals surface area contributed by atoms with Gasteiger partial charge < -0.3 is 14.8 Å². The second kappa shape index (κ2) is 8.75. The van der Waals surface area contributed by atoms with E-state index in [1.807, 2.05) is 0 Å². The number of nitrogens with one attached hydrogen (secondary N) is 1. The Bertz CT molecular complexity index is 1180. The molecule has 2 aromatic carbocycles. The average Bonchev–Trinajstić information content (AvgIpc) is 3.02. The highest BCUT2D eigenvalue weighted by Crippen LogP contribution is 2.36. The Balaban J connectivity index is 1.90. The number of ether oxygens (including phenoxy) is 2. The van der Waals surface area contributed by atoms with Crippen LogP contribution in [0.25, 0.3) is 0 Å². The fourth-order valence-electron chi connectivity index (χ4n) is 2.74. The summed E-state index contributed by atoms with van der Waals surface area (Å²) in [6.07, 6.45) is -4.83. The minimum atomic E-state index is -4.83. The van der Waals surface area contributed by atoms with Crippen LogP contribution in [0.4, 0.5) is 24.5 Å². The molecule has 13 heteroatoms. The lowest BCUT2D eigenvalue weighted by Gasteiger charge is -2.10. The number of aryl methyl sites for hydroxylation is 1. The van der Waals surface area contributed by atoms with Crippen LogP contribution < -0.4 is 14.8 Å². The Kier molecular flexibility index (Phi) is 6.25. The van der Waals surface area contributed by atoms with Crippen molar-refractivity contribution >= 4 is 28.9 Å². The fraction of sp³-hybridized carbons (Fsp3) is 0.158. The molecule has 3 aromatic rings. The van der Waals surface area contributed by atoms with E-state index in [2.05, 4.69) is 10.4 Å². The number of anilines is 1. The molecule has 0 atom stereocenters. The summed E-state index contributed by atoms with van der Waals surface area (Å²) < 4.78 is 50.3. The number of benzene rings is 2. The molecule has 1 aromatic heterocycles. The van der Waals surface area contributed by atoms with Gasteiger partial charge in [-0.3, -0.25) is 19.6 Å². The summed E-state index contributed by atoms with van der Waals surface area (Å²) in [5.41, 5.74) is -2.52. The molecule has 9 nitrogen and oxygen atoms in total. The number of nitro benzene ring substituents is 1. The monoisotopic (exact) mass is 470 g/mol. The van der Waals surface area contributed by atoms with Gasteiger partial charge in [0.2, 0.25) is 0 Å². The van der Waals surface area contributed by atoms with Crippen LogP contribution in [0.2, 0.25) is 5.02 Å². The first-order valence-electron chi connectivity index (χ1n) is 8.72. The molecule has 0 spiro atoms. The lowest BCUT2D eigenvalue weighted by Crippen LogP contribution is -2.13. The van der Waals surface area contributed by atoms with Gasteiger partial charge in [-0.15, -0.1) is 0 Å². The van der Waals surface area contributed by atoms with E-state index in [4.69, 9.17) is 21.1 Å². The van der Waals surface area contributed by atoms with Crippen molar-refractivity contribution in [1.29, 1.82) is 0 Å². The topological polar surface area (TPSA) is 109 Å².